The van der Waals surface area contributed by atoms with Crippen LogP contribution in [0.2, 0.25) is 0 Å². The molecule has 1 aromatic heterocycles. The van der Waals surface area contributed by atoms with E-state index in [1.54, 1.807) is 17.0 Å². The van der Waals surface area contributed by atoms with E-state index in [0.29, 0.717) is 31.9 Å². The topological polar surface area (TPSA) is 52.5 Å². The molecule has 6 nitrogen and oxygen atoms in total. The molecule has 1 aliphatic heterocycles. The fraction of sp³-hybridized carbons (Fsp3) is 0.500. The quantitative estimate of drug-likeness (QED) is 0.296. The first-order valence-electron chi connectivity index (χ1n) is 11.1. The van der Waals surface area contributed by atoms with Crippen LogP contribution in [0.3, 0.4) is 0 Å². The third kappa shape index (κ3) is 7.87. The van der Waals surface area contributed by atoms with Gasteiger partial charge in [0.05, 0.1) is 38.7 Å². The van der Waals surface area contributed by atoms with Gasteiger partial charge in [0, 0.05) is 11.8 Å². The van der Waals surface area contributed by atoms with Gasteiger partial charge in [-0.1, -0.05) is 24.3 Å². The normalized spacial score (nSPS) is 16.8. The molecule has 3 N–H and O–H groups in total. The van der Waals surface area contributed by atoms with E-state index in [0.717, 1.165) is 51.6 Å². The summed E-state index contributed by atoms with van der Waals surface area (Å²) in [6, 6.07) is 11.0. The van der Waals surface area contributed by atoms with Crippen molar-refractivity contribution in [2.24, 2.45) is 0 Å². The predicted molar refractivity (Wildman–Crippen MR) is 118 cm³/mol. The number of nitrogens with one attached hydrogen (secondary N) is 2. The molecule has 1 fully saturated rings. The Bertz CT molecular complexity index is 792. The fourth-order valence-corrected chi connectivity index (χ4v) is 4.04. The average Bonchev–Trinajstić information content (AvgIpc) is 3.21. The maximum absolute atomic E-state index is 14.1. The van der Waals surface area contributed by atoms with E-state index in [1.165, 1.54) is 11.0 Å². The monoisotopic (exact) mass is 433 g/mol. The Morgan fingerprint density at radius 1 is 1.26 bits per heavy atom. The molecule has 170 valence electrons. The third-order valence-corrected chi connectivity index (χ3v) is 5.76. The lowest BCUT2D eigenvalue weighted by atomic mass is 10.2. The summed E-state index contributed by atoms with van der Waals surface area (Å²) in [5, 5.41) is 10.5. The summed E-state index contributed by atoms with van der Waals surface area (Å²) in [4.78, 5) is 2.84. The summed E-state index contributed by atoms with van der Waals surface area (Å²) in [5.41, 5.74) is 1.81. The first-order valence-corrected chi connectivity index (χ1v) is 11.1. The van der Waals surface area contributed by atoms with Crippen LogP contribution in [0.15, 0.2) is 55.3 Å². The molecular formula is C24H36FN3O3+2. The first kappa shape index (κ1) is 23.6. The largest absolute Gasteiger partial charge is 0.385 e. The van der Waals surface area contributed by atoms with Crippen LogP contribution in [-0.4, -0.2) is 74.9 Å². The second-order valence-corrected chi connectivity index (χ2v) is 8.19. The van der Waals surface area contributed by atoms with Crippen LogP contribution in [-0.2, 0) is 22.6 Å². The second kappa shape index (κ2) is 12.7. The predicted octanol–water partition coefficient (Wildman–Crippen LogP) is -0.461. The van der Waals surface area contributed by atoms with Crippen molar-refractivity contribution >= 4 is 0 Å². The second-order valence-electron chi connectivity index (χ2n) is 8.19. The van der Waals surface area contributed by atoms with Gasteiger partial charge in [-0.2, -0.15) is 0 Å². The zero-order chi connectivity index (χ0) is 21.9. The van der Waals surface area contributed by atoms with Crippen LogP contribution in [0, 0.1) is 5.82 Å². The Labute approximate surface area is 184 Å². The fourth-order valence-electron chi connectivity index (χ4n) is 4.04. The Morgan fingerprint density at radius 3 is 2.84 bits per heavy atom. The highest BCUT2D eigenvalue weighted by molar-refractivity contribution is 5.19. The van der Waals surface area contributed by atoms with Gasteiger partial charge in [-0.15, -0.1) is 6.58 Å². The first-order chi connectivity index (χ1) is 15.2. The number of aromatic nitrogens is 1. The van der Waals surface area contributed by atoms with E-state index in [4.69, 9.17) is 9.47 Å². The van der Waals surface area contributed by atoms with Crippen LogP contribution < -0.4 is 9.80 Å². The molecule has 0 bridgehead atoms. The Kier molecular flexibility index (Phi) is 9.71. The smallest absolute Gasteiger partial charge is 0.128 e. The van der Waals surface area contributed by atoms with E-state index < -0.39 is 6.10 Å². The lowest BCUT2D eigenvalue weighted by Crippen LogP contribution is -3.21. The highest BCUT2D eigenvalue weighted by Crippen LogP contribution is 2.11. The number of hydrogen-bond acceptors (Lipinski definition) is 3. The van der Waals surface area contributed by atoms with Gasteiger partial charge >= 0.3 is 0 Å². The van der Waals surface area contributed by atoms with Gasteiger partial charge in [0.25, 0.3) is 0 Å². The molecule has 31 heavy (non-hydrogen) atoms. The minimum Gasteiger partial charge on any atom is -0.385 e. The molecule has 7 heteroatoms. The number of rotatable bonds is 13. The van der Waals surface area contributed by atoms with Crippen LogP contribution in [0.4, 0.5) is 4.39 Å². The number of ether oxygens (including phenoxy) is 2. The zero-order valence-electron chi connectivity index (χ0n) is 18.3. The van der Waals surface area contributed by atoms with Crippen molar-refractivity contribution in [3.63, 3.8) is 0 Å². The molecule has 1 unspecified atom stereocenters. The van der Waals surface area contributed by atoms with Gasteiger partial charge in [0.1, 0.15) is 51.2 Å². The standard InChI is InChI=1S/C24H34FN3O3/c1-2-14-31-20-23(29)19-27(11-10-26-12-15-30-16-13-26)18-22-7-5-9-28(22)17-21-6-3-4-8-24(21)25/h2-9,23,29H,1,10-20H2/p+2/t23-/m1/s1. The summed E-state index contributed by atoms with van der Waals surface area (Å²) in [6.45, 7) is 11.9. The molecule has 0 saturated carbocycles. The maximum atomic E-state index is 14.1. The highest BCUT2D eigenvalue weighted by atomic mass is 19.1. The number of quaternary nitrogens is 2. The molecule has 3 rings (SSSR count). The molecule has 2 heterocycles. The van der Waals surface area contributed by atoms with Crippen molar-refractivity contribution in [2.45, 2.75) is 19.2 Å². The number of aliphatic hydroxyl groups excluding tert-OH is 1. The molecule has 0 amide bonds. The van der Waals surface area contributed by atoms with Crippen molar-refractivity contribution in [1.29, 1.82) is 0 Å². The molecule has 0 radical (unpaired) electrons. The lowest BCUT2D eigenvalue weighted by molar-refractivity contribution is -0.969. The Hall–Kier alpha value is -2.03. The van der Waals surface area contributed by atoms with Crippen molar-refractivity contribution < 1.29 is 28.8 Å². The molecule has 0 aliphatic carbocycles. The van der Waals surface area contributed by atoms with E-state index in [1.807, 2.05) is 24.4 Å². The number of nitrogens with zero attached hydrogens (tertiary/aromatic N) is 1. The number of morpholine rings is 1. The summed E-state index contributed by atoms with van der Waals surface area (Å²) >= 11 is 0. The Morgan fingerprint density at radius 2 is 2.06 bits per heavy atom. The van der Waals surface area contributed by atoms with Crippen LogP contribution >= 0.6 is 0 Å². The van der Waals surface area contributed by atoms with E-state index in [-0.39, 0.29) is 5.82 Å². The van der Waals surface area contributed by atoms with Crippen molar-refractivity contribution in [3.05, 3.63) is 72.3 Å². The molecular weight excluding hydrogens is 397 g/mol. The summed E-state index contributed by atoms with van der Waals surface area (Å²) in [6.07, 6.45) is 3.15. The van der Waals surface area contributed by atoms with E-state index in [9.17, 15) is 9.50 Å². The third-order valence-electron chi connectivity index (χ3n) is 5.76. The molecule has 1 saturated heterocycles. The van der Waals surface area contributed by atoms with Gasteiger partial charge in [-0.3, -0.25) is 0 Å². The SMILES string of the molecule is C=CCOC[C@H](O)C[NH+](CC[NH+]1CCOCC1)Cc1cccn1Cc1ccccc1F. The summed E-state index contributed by atoms with van der Waals surface area (Å²) in [5.74, 6) is -0.183. The van der Waals surface area contributed by atoms with E-state index >= 15 is 0 Å². The average molecular weight is 434 g/mol. The van der Waals surface area contributed by atoms with Gasteiger partial charge in [-0.25, -0.2) is 4.39 Å². The number of hydrogen-bond donors (Lipinski definition) is 3. The molecule has 1 aliphatic rings. The van der Waals surface area contributed by atoms with E-state index in [2.05, 4.69) is 17.2 Å². The highest BCUT2D eigenvalue weighted by Gasteiger charge is 2.21. The summed E-state index contributed by atoms with van der Waals surface area (Å²) < 4.78 is 27.1. The molecule has 0 spiro atoms. The number of aliphatic hydroxyl groups is 1. The van der Waals surface area contributed by atoms with Crippen molar-refractivity contribution in [3.8, 4) is 0 Å². The molecule has 1 aromatic carbocycles. The number of benzene rings is 1. The van der Waals surface area contributed by atoms with Crippen molar-refractivity contribution in [1.82, 2.24) is 4.57 Å². The van der Waals surface area contributed by atoms with Gasteiger partial charge in [-0.05, 0) is 18.2 Å². The molecule has 2 atom stereocenters. The van der Waals surface area contributed by atoms with Crippen LogP contribution in [0.1, 0.15) is 11.3 Å². The van der Waals surface area contributed by atoms with Crippen LogP contribution in [0.5, 0.6) is 0 Å². The van der Waals surface area contributed by atoms with Crippen molar-refractivity contribution in [2.75, 3.05) is 59.2 Å². The molecule has 2 aromatic rings. The zero-order valence-corrected chi connectivity index (χ0v) is 18.3. The van der Waals surface area contributed by atoms with Crippen LogP contribution in [0.25, 0.3) is 0 Å². The van der Waals surface area contributed by atoms with Gasteiger partial charge in [0.2, 0.25) is 0 Å². The Balaban J connectivity index is 1.63. The van der Waals surface area contributed by atoms with Gasteiger partial charge < -0.3 is 28.9 Å². The minimum atomic E-state index is -0.537. The minimum absolute atomic E-state index is 0.183. The summed E-state index contributed by atoms with van der Waals surface area (Å²) in [7, 11) is 0. The lowest BCUT2D eigenvalue weighted by Gasteiger charge is -2.27. The van der Waals surface area contributed by atoms with Gasteiger partial charge in [0.15, 0.2) is 0 Å². The maximum Gasteiger partial charge on any atom is 0.128 e. The number of halogens is 1.